The zero-order chi connectivity index (χ0) is 44.9. The molecule has 4 heteroatoms. The highest BCUT2D eigenvalue weighted by Crippen LogP contribution is 2.46. The van der Waals surface area contributed by atoms with Crippen molar-refractivity contribution in [3.63, 3.8) is 0 Å². The van der Waals surface area contributed by atoms with Crippen molar-refractivity contribution < 1.29 is 4.42 Å². The average Bonchev–Trinajstić information content (AvgIpc) is 3.86. The maximum Gasteiger partial charge on any atom is 0.160 e. The van der Waals surface area contributed by atoms with E-state index < -0.39 is 0 Å². The van der Waals surface area contributed by atoms with E-state index in [0.29, 0.717) is 12.3 Å². The Labute approximate surface area is 392 Å². The second-order valence-electron chi connectivity index (χ2n) is 18.1. The van der Waals surface area contributed by atoms with Gasteiger partial charge in [0.25, 0.3) is 0 Å². The van der Waals surface area contributed by atoms with Crippen LogP contribution < -0.4 is 0 Å². The normalized spacial score (nSPS) is 13.4. The molecule has 0 N–H and O–H groups in total. The summed E-state index contributed by atoms with van der Waals surface area (Å²) in [4.78, 5) is 11.4. The molecule has 0 amide bonds. The Morgan fingerprint density at radius 1 is 0.412 bits per heavy atom. The number of allylic oxidation sites excluding steroid dienone is 1. The van der Waals surface area contributed by atoms with Gasteiger partial charge in [-0.2, -0.15) is 0 Å². The molecule has 1 aliphatic heterocycles. The number of aliphatic imine (C=N–C) groups is 2. The molecule has 11 aromatic carbocycles. The van der Waals surface area contributed by atoms with Gasteiger partial charge in [0.2, 0.25) is 0 Å². The number of benzene rings is 11. The number of para-hydroxylation sites is 1. The van der Waals surface area contributed by atoms with Gasteiger partial charge in [-0.05, 0) is 103 Å². The van der Waals surface area contributed by atoms with Crippen molar-refractivity contribution in [1.82, 2.24) is 4.57 Å². The highest BCUT2D eigenvalue weighted by atomic mass is 16.3. The van der Waals surface area contributed by atoms with Gasteiger partial charge < -0.3 is 8.98 Å². The zero-order valence-corrected chi connectivity index (χ0v) is 37.2. The quantitative estimate of drug-likeness (QED) is 0.170. The molecule has 0 saturated carbocycles. The molecule has 0 saturated heterocycles. The summed E-state index contributed by atoms with van der Waals surface area (Å²) in [5.41, 5.74) is 13.2. The highest BCUT2D eigenvalue weighted by Gasteiger charge is 2.29. The lowest BCUT2D eigenvalue weighted by atomic mass is 9.91. The van der Waals surface area contributed by atoms with Gasteiger partial charge in [0, 0.05) is 44.7 Å². The van der Waals surface area contributed by atoms with E-state index in [1.54, 1.807) is 0 Å². The molecule has 0 bridgehead atoms. The minimum atomic E-state index is 0.558. The Kier molecular flexibility index (Phi) is 8.53. The number of rotatable bonds is 5. The van der Waals surface area contributed by atoms with Gasteiger partial charge in [-0.1, -0.05) is 182 Å². The zero-order valence-electron chi connectivity index (χ0n) is 37.2. The Bertz CT molecular complexity index is 4240. The third-order valence-corrected chi connectivity index (χ3v) is 14.1. The molecule has 0 fully saturated rings. The van der Waals surface area contributed by atoms with Crippen LogP contribution in [0.25, 0.3) is 109 Å². The predicted octanol–water partition coefficient (Wildman–Crippen LogP) is 17.0. The highest BCUT2D eigenvalue weighted by molar-refractivity contribution is 6.31. The average molecular weight is 868 g/mol. The van der Waals surface area contributed by atoms with Gasteiger partial charge in [0.15, 0.2) is 11.4 Å². The minimum Gasteiger partial charge on any atom is -0.454 e. The van der Waals surface area contributed by atoms with Crippen LogP contribution in [0.15, 0.2) is 238 Å². The molecule has 68 heavy (non-hydrogen) atoms. The van der Waals surface area contributed by atoms with Crippen LogP contribution in [0, 0.1) is 0 Å². The van der Waals surface area contributed by atoms with Crippen molar-refractivity contribution in [2.45, 2.75) is 13.3 Å². The van der Waals surface area contributed by atoms with E-state index in [0.717, 1.165) is 88.5 Å². The van der Waals surface area contributed by atoms with E-state index in [4.69, 9.17) is 14.4 Å². The van der Waals surface area contributed by atoms with E-state index >= 15 is 0 Å². The molecular weight excluding hydrogens is 827 g/mol. The van der Waals surface area contributed by atoms with Gasteiger partial charge in [0.05, 0.1) is 28.1 Å². The lowest BCUT2D eigenvalue weighted by Gasteiger charge is -2.20. The van der Waals surface area contributed by atoms with Crippen LogP contribution >= 0.6 is 0 Å². The third kappa shape index (κ3) is 6.01. The first-order valence-corrected chi connectivity index (χ1v) is 23.3. The van der Waals surface area contributed by atoms with E-state index in [1.165, 1.54) is 48.8 Å². The summed E-state index contributed by atoms with van der Waals surface area (Å²) >= 11 is 0. The third-order valence-electron chi connectivity index (χ3n) is 14.1. The summed E-state index contributed by atoms with van der Waals surface area (Å²) in [7, 11) is 0. The molecule has 4 nitrogen and oxygen atoms in total. The Morgan fingerprint density at radius 3 is 1.60 bits per heavy atom. The number of hydrogen-bond acceptors (Lipinski definition) is 3. The van der Waals surface area contributed by atoms with Crippen LogP contribution in [0.1, 0.15) is 30.0 Å². The van der Waals surface area contributed by atoms with Crippen LogP contribution in [-0.4, -0.2) is 16.1 Å². The molecular formula is C64H41N3O. The molecule has 0 unspecified atom stereocenters. The summed E-state index contributed by atoms with van der Waals surface area (Å²) in [6.07, 6.45) is 0.558. The molecule has 0 aliphatic carbocycles. The first-order valence-electron chi connectivity index (χ1n) is 23.3. The number of furan rings is 1. The standard InChI is InChI=1S/C64H41N3O/c1-39-33-55(65-64(49-32-29-41-17-5-6-18-44(41)34-49)66-61(39)43-30-27-42(28-31-43)40-15-3-2-4-16-40)60-51-24-12-11-23-50(51)59-52-25-13-14-26-58(52)68-63(59)62(60)67-56-37-47-21-9-7-19-45(47)35-53(56)54-36-46-20-8-10-22-48(46)38-57(54)67/h2-32,34-38H,33H2,1H3. The monoisotopic (exact) mass is 867 g/mol. The van der Waals surface area contributed by atoms with Crippen LogP contribution in [-0.2, 0) is 0 Å². The summed E-state index contributed by atoms with van der Waals surface area (Å²) in [6.45, 7) is 2.23. The van der Waals surface area contributed by atoms with Crippen molar-refractivity contribution in [1.29, 1.82) is 0 Å². The van der Waals surface area contributed by atoms with Gasteiger partial charge in [-0.25, -0.2) is 9.98 Å². The molecule has 0 spiro atoms. The molecule has 0 atom stereocenters. The van der Waals surface area contributed by atoms with Crippen molar-refractivity contribution in [2.24, 2.45) is 9.98 Å². The SMILES string of the molecule is CC1=C(c2ccc(-c3ccccc3)cc2)N=C(c2ccc3ccccc3c2)N=C(c2c(-n3c4cc5ccccc5cc4c4cc5ccccc5cc43)c3oc4ccccc4c3c3ccccc23)C1. The van der Waals surface area contributed by atoms with Gasteiger partial charge in [-0.3, -0.25) is 0 Å². The van der Waals surface area contributed by atoms with Gasteiger partial charge in [-0.15, -0.1) is 0 Å². The molecule has 3 heterocycles. The lowest BCUT2D eigenvalue weighted by Crippen LogP contribution is -2.12. The Morgan fingerprint density at radius 2 is 0.926 bits per heavy atom. The van der Waals surface area contributed by atoms with E-state index in [9.17, 15) is 0 Å². The topological polar surface area (TPSA) is 42.8 Å². The van der Waals surface area contributed by atoms with Crippen LogP contribution in [0.3, 0.4) is 0 Å². The van der Waals surface area contributed by atoms with Crippen LogP contribution in [0.2, 0.25) is 0 Å². The number of aromatic nitrogens is 1. The van der Waals surface area contributed by atoms with Crippen molar-refractivity contribution in [3.8, 4) is 16.8 Å². The first kappa shape index (κ1) is 38.4. The predicted molar refractivity (Wildman–Crippen MR) is 287 cm³/mol. The van der Waals surface area contributed by atoms with Gasteiger partial charge >= 0.3 is 0 Å². The van der Waals surface area contributed by atoms with Crippen molar-refractivity contribution in [3.05, 3.63) is 241 Å². The van der Waals surface area contributed by atoms with Gasteiger partial charge in [0.1, 0.15) is 5.58 Å². The van der Waals surface area contributed by atoms with Crippen LogP contribution in [0.4, 0.5) is 0 Å². The molecule has 1 aliphatic rings. The van der Waals surface area contributed by atoms with E-state index in [2.05, 4.69) is 230 Å². The van der Waals surface area contributed by atoms with Crippen molar-refractivity contribution >= 4 is 104 Å². The second-order valence-corrected chi connectivity index (χ2v) is 18.1. The fourth-order valence-corrected chi connectivity index (χ4v) is 10.9. The van der Waals surface area contributed by atoms with E-state index in [1.807, 2.05) is 0 Å². The van der Waals surface area contributed by atoms with Crippen LogP contribution in [0.5, 0.6) is 0 Å². The second kappa shape index (κ2) is 15.1. The van der Waals surface area contributed by atoms with E-state index in [-0.39, 0.29) is 0 Å². The fourth-order valence-electron chi connectivity index (χ4n) is 10.9. The first-order chi connectivity index (χ1) is 33.6. The molecule has 2 aromatic heterocycles. The summed E-state index contributed by atoms with van der Waals surface area (Å²) in [5, 5.41) is 13.9. The number of fused-ring (bicyclic) bond motifs is 11. The Balaban J connectivity index is 1.11. The maximum atomic E-state index is 7.26. The lowest BCUT2D eigenvalue weighted by molar-refractivity contribution is 0.666. The molecule has 0 radical (unpaired) electrons. The summed E-state index contributed by atoms with van der Waals surface area (Å²) in [5.74, 6) is 0.670. The number of amidine groups is 1. The maximum absolute atomic E-state index is 7.26. The molecule has 318 valence electrons. The largest absolute Gasteiger partial charge is 0.454 e. The summed E-state index contributed by atoms with van der Waals surface area (Å²) in [6, 6.07) is 78.6. The number of hydrogen-bond donors (Lipinski definition) is 0. The molecule has 13 aromatic rings. The number of nitrogens with zero attached hydrogens (tertiary/aromatic N) is 3. The fraction of sp³-hybridized carbons (Fsp3) is 0.0312. The minimum absolute atomic E-state index is 0.558. The molecule has 14 rings (SSSR count). The summed E-state index contributed by atoms with van der Waals surface area (Å²) < 4.78 is 9.74. The van der Waals surface area contributed by atoms with Crippen molar-refractivity contribution in [2.75, 3.05) is 0 Å². The smallest absolute Gasteiger partial charge is 0.160 e. The Hall–Kier alpha value is -8.86.